The van der Waals surface area contributed by atoms with Crippen LogP contribution in [0.15, 0.2) is 273 Å². The van der Waals surface area contributed by atoms with Crippen molar-refractivity contribution in [2.24, 2.45) is 0 Å². The quantitative estimate of drug-likeness (QED) is 0.169. The van der Waals surface area contributed by atoms with E-state index >= 15 is 0 Å². The van der Waals surface area contributed by atoms with Crippen molar-refractivity contribution in [2.45, 2.75) is 210 Å². The molecule has 0 N–H and O–H groups in total. The SMILES string of the molecule is Cc1cc(C#N)cc(C)c1C.Cc1cc(C)cc(C)c1.Cc1ccc(C(C)(C)C)cc1.Cc1ccc(C)c(C)c1.Cc1ccc(C)cc1.Cc1cccc(-c2ccccc2)c1.Cc1cccc(C(C)(C)C)c1.Cc1cccc(C)c1C.Cc1ccccc1-c1ccccc1.Cc1ccccc1C(C)(C)C. The molecule has 1 heteroatoms. The van der Waals surface area contributed by atoms with E-state index in [-0.39, 0.29) is 16.2 Å². The summed E-state index contributed by atoms with van der Waals surface area (Å²) < 4.78 is 0. The monoisotopic (exact) mass is 1390 g/mol. The van der Waals surface area contributed by atoms with Gasteiger partial charge in [-0.15, -0.1) is 0 Å². The second-order valence-electron chi connectivity index (χ2n) is 31.5. The first-order valence-corrected chi connectivity index (χ1v) is 37.4. The molecular weight excluding hydrogens is 1260 g/mol. The minimum Gasteiger partial charge on any atom is -0.192 e. The third kappa shape index (κ3) is 35.0. The van der Waals surface area contributed by atoms with E-state index in [1.54, 1.807) is 0 Å². The van der Waals surface area contributed by atoms with Crippen LogP contribution in [0.25, 0.3) is 22.3 Å². The lowest BCUT2D eigenvalue weighted by Crippen LogP contribution is -2.12. The van der Waals surface area contributed by atoms with Crippen LogP contribution in [0.1, 0.15) is 190 Å². The summed E-state index contributed by atoms with van der Waals surface area (Å²) in [5.41, 5.74) is 36.4. The van der Waals surface area contributed by atoms with Crippen LogP contribution in [0, 0.1) is 143 Å². The Morgan fingerprint density at radius 3 is 0.952 bits per heavy atom. The van der Waals surface area contributed by atoms with E-state index in [1.807, 2.05) is 38.1 Å². The third-order valence-electron chi connectivity index (χ3n) is 18.3. The van der Waals surface area contributed by atoms with Gasteiger partial charge in [-0.3, -0.25) is 0 Å². The zero-order valence-electron chi connectivity index (χ0n) is 69.9. The van der Waals surface area contributed by atoms with E-state index < -0.39 is 0 Å². The Balaban J connectivity index is 0.000000304. The molecule has 0 aliphatic heterocycles. The van der Waals surface area contributed by atoms with Gasteiger partial charge in [-0.05, 0) is 255 Å². The molecule has 0 saturated heterocycles. The summed E-state index contributed by atoms with van der Waals surface area (Å²) in [5.74, 6) is 0. The van der Waals surface area contributed by atoms with Gasteiger partial charge in [0.1, 0.15) is 0 Å². The lowest BCUT2D eigenvalue weighted by atomic mass is 9.84. The molecule has 1 nitrogen and oxygen atoms in total. The van der Waals surface area contributed by atoms with Crippen LogP contribution < -0.4 is 0 Å². The second-order valence-corrected chi connectivity index (χ2v) is 31.5. The number of nitriles is 1. The highest BCUT2D eigenvalue weighted by Gasteiger charge is 2.15. The summed E-state index contributed by atoms with van der Waals surface area (Å²) in [4.78, 5) is 0. The maximum atomic E-state index is 8.63. The number of rotatable bonds is 2. The van der Waals surface area contributed by atoms with E-state index in [4.69, 9.17) is 5.26 Å². The minimum absolute atomic E-state index is 0.283. The fraction of sp³-hybridized carbons (Fsp3) is 0.298. The van der Waals surface area contributed by atoms with Gasteiger partial charge < -0.3 is 0 Å². The molecule has 0 heterocycles. The zero-order chi connectivity index (χ0) is 78.6. The Hall–Kier alpha value is -9.87. The van der Waals surface area contributed by atoms with Crippen LogP contribution in [-0.4, -0.2) is 0 Å². The average Bonchev–Trinajstić information content (AvgIpc) is 0.914. The molecule has 0 aromatic heterocycles. The van der Waals surface area contributed by atoms with Crippen LogP contribution in [0.4, 0.5) is 0 Å². The molecule has 0 unspecified atom stereocenters. The number of nitrogens with zero attached hydrogens (tertiary/aromatic N) is 1. The largest absolute Gasteiger partial charge is 0.192 e. The van der Waals surface area contributed by atoms with Gasteiger partial charge in [0.05, 0.1) is 11.6 Å². The fourth-order valence-corrected chi connectivity index (χ4v) is 11.3. The molecule has 0 bridgehead atoms. The Bertz CT molecular complexity index is 4410. The highest BCUT2D eigenvalue weighted by molar-refractivity contribution is 5.67. The summed E-state index contributed by atoms with van der Waals surface area (Å²) in [6.07, 6.45) is 0. The van der Waals surface area contributed by atoms with E-state index in [1.165, 1.54) is 145 Å². The number of benzene rings is 12. The van der Waals surface area contributed by atoms with E-state index in [0.29, 0.717) is 0 Å². The number of aryl methyl sites for hydroxylation is 17. The van der Waals surface area contributed by atoms with E-state index in [9.17, 15) is 0 Å². The van der Waals surface area contributed by atoms with Crippen molar-refractivity contribution in [1.29, 1.82) is 5.26 Å². The van der Waals surface area contributed by atoms with Crippen LogP contribution in [0.2, 0.25) is 0 Å². The number of hydrogen-bond acceptors (Lipinski definition) is 1. The van der Waals surface area contributed by atoms with Crippen LogP contribution in [0.5, 0.6) is 0 Å². The third-order valence-corrected chi connectivity index (χ3v) is 18.3. The first-order chi connectivity index (χ1) is 49.3. The Labute approximate surface area is 640 Å². The molecule has 105 heavy (non-hydrogen) atoms. The van der Waals surface area contributed by atoms with Gasteiger partial charge in [0, 0.05) is 0 Å². The first kappa shape index (κ1) is 89.3. The maximum absolute atomic E-state index is 8.63. The molecule has 12 aromatic carbocycles. The van der Waals surface area contributed by atoms with Gasteiger partial charge >= 0.3 is 0 Å². The number of hydrogen-bond donors (Lipinski definition) is 0. The molecule has 0 atom stereocenters. The molecular formula is C104H129N. The van der Waals surface area contributed by atoms with Crippen molar-refractivity contribution in [3.8, 4) is 28.3 Å². The van der Waals surface area contributed by atoms with E-state index in [2.05, 4.69) is 435 Å². The second kappa shape index (κ2) is 44.7. The van der Waals surface area contributed by atoms with E-state index in [0.717, 1.165) is 5.56 Å². The van der Waals surface area contributed by atoms with Gasteiger partial charge in [-0.25, -0.2) is 0 Å². The molecule has 0 amide bonds. The summed E-state index contributed by atoms with van der Waals surface area (Å²) in [6.45, 7) is 60.4. The minimum atomic E-state index is 0.283. The molecule has 12 rings (SSSR count). The topological polar surface area (TPSA) is 23.8 Å². The van der Waals surface area contributed by atoms with Crippen molar-refractivity contribution >= 4 is 0 Å². The normalized spacial score (nSPS) is 10.3. The van der Waals surface area contributed by atoms with Crippen molar-refractivity contribution in [2.75, 3.05) is 0 Å². The lowest BCUT2D eigenvalue weighted by Gasteiger charge is -2.21. The molecule has 12 aromatic rings. The zero-order valence-corrected chi connectivity index (χ0v) is 69.9. The lowest BCUT2D eigenvalue weighted by molar-refractivity contribution is 0.586. The average molecular weight is 1390 g/mol. The van der Waals surface area contributed by atoms with Crippen molar-refractivity contribution in [3.63, 3.8) is 0 Å². The van der Waals surface area contributed by atoms with Crippen LogP contribution in [0.3, 0.4) is 0 Å². The van der Waals surface area contributed by atoms with Gasteiger partial charge in [0.2, 0.25) is 0 Å². The summed E-state index contributed by atoms with van der Waals surface area (Å²) >= 11 is 0. The molecule has 0 aliphatic carbocycles. The Morgan fingerprint density at radius 2 is 0.571 bits per heavy atom. The Kier molecular flexibility index (Phi) is 38.0. The van der Waals surface area contributed by atoms with Crippen molar-refractivity contribution in [1.82, 2.24) is 0 Å². The first-order valence-electron chi connectivity index (χ1n) is 37.4. The molecule has 550 valence electrons. The summed E-state index contributed by atoms with van der Waals surface area (Å²) in [5, 5.41) is 8.63. The predicted octanol–water partition coefficient (Wildman–Crippen LogP) is 29.8. The van der Waals surface area contributed by atoms with Crippen LogP contribution in [-0.2, 0) is 16.2 Å². The molecule has 0 saturated carbocycles. The predicted molar refractivity (Wildman–Crippen MR) is 466 cm³/mol. The molecule has 0 fully saturated rings. The van der Waals surface area contributed by atoms with Crippen molar-refractivity contribution < 1.29 is 0 Å². The van der Waals surface area contributed by atoms with Gasteiger partial charge in [-0.2, -0.15) is 5.26 Å². The molecule has 0 radical (unpaired) electrons. The maximum Gasteiger partial charge on any atom is 0.0991 e. The molecule has 0 aliphatic rings. The standard InChI is InChI=1S/2C13H12.3C11H16.C10H11N.3C9H12.C8H10/c1-11-7-5-6-10-13(11)12-8-3-2-4-9-12;1-11-6-5-9-13(10-11)12-7-3-2-4-8-12;1-9-5-7-10(8-6-9)11(2,3)4;1-9-6-5-7-10(8-9)11(2,3)4;1-9-7-5-6-8-10(9)11(2,3)4;1-7-4-10(6-11)5-8(2)9(7)3;1-7-4-8(2)6-9(3)5-7;1-7-4-5-8(2)9(3)6-7;1-7-5-4-6-8(2)9(7)3;1-7-3-5-8(2)6-4-7/h2*2-10H,1H3;3*5-8H,1-4H3;4-5H,1-3H3;3*4-6H,1-3H3;3-6H,1-2H3. The summed E-state index contributed by atoms with van der Waals surface area (Å²) in [6, 6.07) is 97.8. The van der Waals surface area contributed by atoms with Gasteiger partial charge in [-0.1, -0.05) is 373 Å². The highest BCUT2D eigenvalue weighted by atomic mass is 14.2. The highest BCUT2D eigenvalue weighted by Crippen LogP contribution is 2.27. The smallest absolute Gasteiger partial charge is 0.0991 e. The Morgan fingerprint density at radius 1 is 0.210 bits per heavy atom. The summed E-state index contributed by atoms with van der Waals surface area (Å²) in [7, 11) is 0. The van der Waals surface area contributed by atoms with Crippen molar-refractivity contribution in [3.05, 3.63) is 401 Å². The van der Waals surface area contributed by atoms with Gasteiger partial charge in [0.25, 0.3) is 0 Å². The molecule has 0 spiro atoms. The fourth-order valence-electron chi connectivity index (χ4n) is 11.3. The van der Waals surface area contributed by atoms with Crippen LogP contribution >= 0.6 is 0 Å². The van der Waals surface area contributed by atoms with Gasteiger partial charge in [0.15, 0.2) is 0 Å².